The minimum Gasteiger partial charge on any atom is -0.458 e. The summed E-state index contributed by atoms with van der Waals surface area (Å²) in [4.78, 5) is 134. The zero-order valence-electron chi connectivity index (χ0n) is 52.3. The van der Waals surface area contributed by atoms with Gasteiger partial charge in [-0.05, 0) is 88.3 Å². The average Bonchev–Trinajstić information content (AvgIpc) is 1.53. The van der Waals surface area contributed by atoms with Crippen LogP contribution in [-0.2, 0) is 98.6 Å². The van der Waals surface area contributed by atoms with Crippen LogP contribution in [-0.4, -0.2) is 170 Å². The molecule has 4 aromatic rings. The number of fused-ring (bicyclic) bond motifs is 6. The van der Waals surface area contributed by atoms with Gasteiger partial charge in [-0.2, -0.15) is 0 Å². The van der Waals surface area contributed by atoms with Gasteiger partial charge in [-0.15, -0.1) is 0 Å². The van der Waals surface area contributed by atoms with Crippen molar-refractivity contribution in [3.8, 4) is 22.9 Å². The molecule has 496 valence electrons. The van der Waals surface area contributed by atoms with Crippen LogP contribution in [0.1, 0.15) is 101 Å². The van der Waals surface area contributed by atoms with Crippen molar-refractivity contribution >= 4 is 70.2 Å². The highest BCUT2D eigenvalue weighted by molar-refractivity contribution is 6.13. The fourth-order valence-corrected chi connectivity index (χ4v) is 10.2. The molecule has 29 nitrogen and oxygen atoms in total. The lowest BCUT2D eigenvalue weighted by Gasteiger charge is -2.29. The van der Waals surface area contributed by atoms with E-state index in [1.165, 1.54) is 23.6 Å². The van der Waals surface area contributed by atoms with Gasteiger partial charge in [-0.25, -0.2) is 19.4 Å². The van der Waals surface area contributed by atoms with E-state index >= 15 is 0 Å². The van der Waals surface area contributed by atoms with Crippen molar-refractivity contribution in [1.29, 1.82) is 0 Å². The summed E-state index contributed by atoms with van der Waals surface area (Å²) in [5.41, 5.74) is 0.503. The summed E-state index contributed by atoms with van der Waals surface area (Å²) in [7, 11) is 0. The third-order valence-electron chi connectivity index (χ3n) is 15.0. The van der Waals surface area contributed by atoms with Crippen molar-refractivity contribution in [2.45, 2.75) is 123 Å². The number of anilines is 1. The number of alkyl carbamates (subject to hydrolysis) is 2. The monoisotopic (exact) mass is 1280 g/mol. The van der Waals surface area contributed by atoms with Crippen molar-refractivity contribution in [2.75, 3.05) is 84.6 Å². The van der Waals surface area contributed by atoms with Crippen molar-refractivity contribution in [3.63, 3.8) is 0 Å². The molecule has 3 atom stereocenters. The van der Waals surface area contributed by atoms with Crippen LogP contribution >= 0.6 is 0 Å². The zero-order chi connectivity index (χ0) is 66.1. The molecule has 6 heterocycles. The standard InChI is InChI=1S/C63H79N9O20/c1-37(2)54(70-51(74)17-21-84-23-25-86-27-28-87-26-24-85-22-19-64-50(73)16-20-71-52(75)14-15-53(71)76)57(78)69-45(9-7-8-18-65-61(82)92-62(3,4)5)56(77)67-39-12-10-38(11-13-39)34-89-60(81)66-32-41-40-29-48-49(91-36-90-48)31-46(40)68-55-42(41)33-72-47(55)30-44-43(58(72)79)35-88-59(80)63(44,6)83/h10-15,29-31,37,45,54,83H,7-9,16-28,32-36H2,1-6H3,(H,64,73)(H,65,82)(H,66,81)(H,67,77)(H,69,78)(H,70,74)/t45-,54-,63-/m0/s1. The Morgan fingerprint density at radius 2 is 1.39 bits per heavy atom. The van der Waals surface area contributed by atoms with Gasteiger partial charge in [0.25, 0.3) is 17.4 Å². The van der Waals surface area contributed by atoms with Gasteiger partial charge in [0.2, 0.25) is 30.4 Å². The second kappa shape index (κ2) is 31.8. The first kappa shape index (κ1) is 68.9. The Kier molecular flexibility index (Phi) is 23.8. The van der Waals surface area contributed by atoms with Crippen LogP contribution < -0.4 is 46.9 Å². The first-order valence-electron chi connectivity index (χ1n) is 30.4. The summed E-state index contributed by atoms with van der Waals surface area (Å²) in [5.74, 6) is -3.10. The van der Waals surface area contributed by atoms with E-state index in [-0.39, 0.29) is 135 Å². The van der Waals surface area contributed by atoms with Gasteiger partial charge in [-0.1, -0.05) is 26.0 Å². The Labute approximate surface area is 529 Å². The van der Waals surface area contributed by atoms with Crippen molar-refractivity contribution in [1.82, 2.24) is 41.0 Å². The molecule has 7 N–H and O–H groups in total. The Balaban J connectivity index is 0.772. The zero-order valence-corrected chi connectivity index (χ0v) is 52.3. The van der Waals surface area contributed by atoms with Gasteiger partial charge in [0.1, 0.15) is 30.9 Å². The molecule has 29 heteroatoms. The molecule has 0 fully saturated rings. The molecule has 0 aliphatic carbocycles. The number of carbonyl (C=O) groups is 9. The number of esters is 1. The Morgan fingerprint density at radius 3 is 2.07 bits per heavy atom. The summed E-state index contributed by atoms with van der Waals surface area (Å²) in [6, 6.07) is 9.47. The lowest BCUT2D eigenvalue weighted by molar-refractivity contribution is -0.169. The van der Waals surface area contributed by atoms with Gasteiger partial charge < -0.3 is 84.2 Å². The molecule has 92 heavy (non-hydrogen) atoms. The second-order valence-electron chi connectivity index (χ2n) is 23.5. The third kappa shape index (κ3) is 18.6. The number of cyclic esters (lactones) is 1. The van der Waals surface area contributed by atoms with E-state index in [2.05, 4.69) is 31.9 Å². The predicted molar refractivity (Wildman–Crippen MR) is 326 cm³/mol. The quantitative estimate of drug-likeness (QED) is 0.0137. The molecule has 4 aliphatic rings. The maximum absolute atomic E-state index is 14.0. The summed E-state index contributed by atoms with van der Waals surface area (Å²) >= 11 is 0. The van der Waals surface area contributed by atoms with E-state index in [1.54, 1.807) is 77.1 Å². The summed E-state index contributed by atoms with van der Waals surface area (Å²) in [5, 5.41) is 28.3. The number of pyridine rings is 2. The number of hydrogen-bond acceptors (Lipinski definition) is 21. The number of hydrogen-bond donors (Lipinski definition) is 7. The van der Waals surface area contributed by atoms with Gasteiger partial charge in [0, 0.05) is 79.4 Å². The molecule has 0 unspecified atom stereocenters. The van der Waals surface area contributed by atoms with Crippen molar-refractivity contribution in [2.24, 2.45) is 5.92 Å². The molecule has 0 bridgehead atoms. The number of nitrogens with one attached hydrogen (secondary N) is 6. The topological polar surface area (TPSA) is 367 Å². The van der Waals surface area contributed by atoms with Crippen LogP contribution in [0, 0.1) is 5.92 Å². The van der Waals surface area contributed by atoms with E-state index in [0.29, 0.717) is 82.2 Å². The second-order valence-corrected chi connectivity index (χ2v) is 23.5. The highest BCUT2D eigenvalue weighted by atomic mass is 16.7. The van der Waals surface area contributed by atoms with Crippen LogP contribution in [0.2, 0.25) is 0 Å². The molecule has 2 aromatic carbocycles. The van der Waals surface area contributed by atoms with E-state index < -0.39 is 76.5 Å². The van der Waals surface area contributed by atoms with Gasteiger partial charge >= 0.3 is 18.2 Å². The van der Waals surface area contributed by atoms with E-state index in [1.807, 2.05) is 0 Å². The first-order chi connectivity index (χ1) is 44.0. The first-order valence-corrected chi connectivity index (χ1v) is 30.4. The van der Waals surface area contributed by atoms with Crippen LogP contribution in [0.3, 0.4) is 0 Å². The number of aliphatic hydroxyl groups is 1. The Bertz CT molecular complexity index is 3470. The molecule has 0 spiro atoms. The lowest BCUT2D eigenvalue weighted by atomic mass is 9.89. The Hall–Kier alpha value is -9.03. The number of aromatic nitrogens is 2. The normalized spacial score (nSPS) is 15.9. The number of unbranched alkanes of at least 4 members (excludes halogenated alkanes) is 1. The number of imide groups is 1. The van der Waals surface area contributed by atoms with Gasteiger partial charge in [0.15, 0.2) is 17.1 Å². The average molecular weight is 1280 g/mol. The van der Waals surface area contributed by atoms with Crippen LogP contribution in [0.5, 0.6) is 11.5 Å². The number of carbonyl (C=O) groups excluding carboxylic acids is 9. The maximum Gasteiger partial charge on any atom is 0.407 e. The number of amides is 8. The van der Waals surface area contributed by atoms with Crippen LogP contribution in [0.15, 0.2) is 59.4 Å². The minimum absolute atomic E-state index is 0.000268. The molecule has 0 saturated carbocycles. The summed E-state index contributed by atoms with van der Waals surface area (Å²) in [6.07, 6.45) is 1.92. The number of nitrogens with zero attached hydrogens (tertiary/aromatic N) is 3. The molecule has 2 aromatic heterocycles. The van der Waals surface area contributed by atoms with E-state index in [0.717, 1.165) is 4.90 Å². The van der Waals surface area contributed by atoms with E-state index in [9.17, 15) is 53.1 Å². The van der Waals surface area contributed by atoms with Crippen molar-refractivity contribution < 1.29 is 90.9 Å². The van der Waals surface area contributed by atoms with E-state index in [4.69, 9.17) is 47.6 Å². The fourth-order valence-electron chi connectivity index (χ4n) is 10.2. The number of benzene rings is 2. The smallest absolute Gasteiger partial charge is 0.407 e. The minimum atomic E-state index is -2.07. The molecule has 8 rings (SSSR count). The van der Waals surface area contributed by atoms with Gasteiger partial charge in [0.05, 0.1) is 81.9 Å². The SMILES string of the molecule is CC(C)[C@H](NC(=O)CCOCCOCCOCCOCCNC(=O)CCN1C(=O)C=CC1=O)C(=O)N[C@@H](CCCCNC(=O)OC(C)(C)C)C(=O)Nc1ccc(COC(=O)NCc2c3c(nc4cc5c(cc24)OCO5)-c2cc4c(c(=O)n2C3)COC(=O)[C@@]4(C)O)cc1. The Morgan fingerprint density at radius 1 is 0.728 bits per heavy atom. The highest BCUT2D eigenvalue weighted by Crippen LogP contribution is 2.43. The molecular weight excluding hydrogens is 1200 g/mol. The molecule has 0 saturated heterocycles. The molecule has 4 aliphatic heterocycles. The molecule has 8 amide bonds. The number of ether oxygens (including phenoxy) is 9. The van der Waals surface area contributed by atoms with Crippen LogP contribution in [0.25, 0.3) is 22.3 Å². The predicted octanol–water partition coefficient (Wildman–Crippen LogP) is 2.99. The summed E-state index contributed by atoms with van der Waals surface area (Å²) < 4.78 is 50.9. The summed E-state index contributed by atoms with van der Waals surface area (Å²) in [6.45, 7) is 12.0. The fraction of sp³-hybridized carbons (Fsp3) is 0.508. The lowest BCUT2D eigenvalue weighted by Crippen LogP contribution is -2.54. The molecular formula is C63H79N9O20. The third-order valence-corrected chi connectivity index (χ3v) is 15.0. The number of rotatable bonds is 33. The van der Waals surface area contributed by atoms with Gasteiger partial charge in [-0.3, -0.25) is 38.5 Å². The highest BCUT2D eigenvalue weighted by Gasteiger charge is 2.43. The van der Waals surface area contributed by atoms with Crippen molar-refractivity contribution in [3.05, 3.63) is 92.8 Å². The molecule has 0 radical (unpaired) electrons. The van der Waals surface area contributed by atoms with Crippen LogP contribution in [0.4, 0.5) is 15.3 Å². The maximum atomic E-state index is 14.0. The largest absolute Gasteiger partial charge is 0.458 e.